The molecule has 0 heterocycles. The standard InChI is InChI=1S/C30H44O2Si/c1-5-7-9-11-18-24-30(27(3)26-31-4)33(28-20-14-12-15-21-28,29-22-16-13-17-23-29)32-25-19-10-8-6-2/h12-17,20-24H,3,5-11,18-19,25-26H2,1-2,4H3/b30-24-. The van der Waals surface area contributed by atoms with Crippen LogP contribution in [-0.4, -0.2) is 28.6 Å². The first-order valence-electron chi connectivity index (χ1n) is 12.8. The summed E-state index contributed by atoms with van der Waals surface area (Å²) in [6, 6.07) is 21.7. The van der Waals surface area contributed by atoms with Crippen molar-refractivity contribution >= 4 is 18.7 Å². The van der Waals surface area contributed by atoms with Crippen LogP contribution >= 0.6 is 0 Å². The summed E-state index contributed by atoms with van der Waals surface area (Å²) in [7, 11) is -0.971. The quantitative estimate of drug-likeness (QED) is 0.143. The molecule has 0 fully saturated rings. The normalized spacial score (nSPS) is 12.2. The van der Waals surface area contributed by atoms with Crippen molar-refractivity contribution in [2.75, 3.05) is 20.3 Å². The first kappa shape index (κ1) is 27.3. The van der Waals surface area contributed by atoms with Crippen molar-refractivity contribution in [3.63, 3.8) is 0 Å². The summed E-state index contributed by atoms with van der Waals surface area (Å²) in [5.41, 5.74) is 1.04. The van der Waals surface area contributed by atoms with Crippen molar-refractivity contribution in [2.45, 2.75) is 71.6 Å². The fourth-order valence-corrected chi connectivity index (χ4v) is 8.65. The lowest BCUT2D eigenvalue weighted by Gasteiger charge is -2.36. The van der Waals surface area contributed by atoms with E-state index in [-0.39, 0.29) is 0 Å². The van der Waals surface area contributed by atoms with Crippen molar-refractivity contribution in [3.05, 3.63) is 84.1 Å². The smallest absolute Gasteiger partial charge is 0.288 e. The first-order valence-corrected chi connectivity index (χ1v) is 14.7. The second-order valence-electron chi connectivity index (χ2n) is 8.83. The summed E-state index contributed by atoms with van der Waals surface area (Å²) in [6.07, 6.45) is 13.3. The Balaban J connectivity index is 2.57. The fourth-order valence-electron chi connectivity index (χ4n) is 4.43. The van der Waals surface area contributed by atoms with Gasteiger partial charge < -0.3 is 9.16 Å². The molecule has 0 radical (unpaired) electrons. The van der Waals surface area contributed by atoms with Gasteiger partial charge in [-0.1, -0.05) is 126 Å². The van der Waals surface area contributed by atoms with Gasteiger partial charge in [0.15, 0.2) is 0 Å². The Kier molecular flexibility index (Phi) is 13.1. The number of hydrogen-bond donors (Lipinski definition) is 0. The number of methoxy groups -OCH3 is 1. The predicted molar refractivity (Wildman–Crippen MR) is 146 cm³/mol. The summed E-state index contributed by atoms with van der Waals surface area (Å²) in [5.74, 6) is 0. The van der Waals surface area contributed by atoms with Gasteiger partial charge in [-0.2, -0.15) is 0 Å². The van der Waals surface area contributed by atoms with E-state index in [2.05, 4.69) is 87.2 Å². The van der Waals surface area contributed by atoms with Gasteiger partial charge >= 0.3 is 0 Å². The van der Waals surface area contributed by atoms with E-state index in [0.717, 1.165) is 25.0 Å². The molecular weight excluding hydrogens is 420 g/mol. The van der Waals surface area contributed by atoms with E-state index in [1.165, 1.54) is 60.5 Å². The Morgan fingerprint density at radius 2 is 1.33 bits per heavy atom. The lowest BCUT2D eigenvalue weighted by molar-refractivity contribution is 0.227. The summed E-state index contributed by atoms with van der Waals surface area (Å²) in [5, 5.41) is 3.83. The van der Waals surface area contributed by atoms with Gasteiger partial charge in [0, 0.05) is 13.7 Å². The zero-order valence-corrected chi connectivity index (χ0v) is 22.2. The van der Waals surface area contributed by atoms with Gasteiger partial charge in [-0.3, -0.25) is 0 Å². The van der Waals surface area contributed by atoms with Crippen LogP contribution in [0.5, 0.6) is 0 Å². The molecule has 0 bridgehead atoms. The third-order valence-corrected chi connectivity index (χ3v) is 10.4. The molecule has 0 N–H and O–H groups in total. The maximum atomic E-state index is 7.11. The molecule has 2 nitrogen and oxygen atoms in total. The van der Waals surface area contributed by atoms with Crippen LogP contribution in [0.25, 0.3) is 0 Å². The zero-order valence-electron chi connectivity index (χ0n) is 21.2. The van der Waals surface area contributed by atoms with Crippen molar-refractivity contribution in [3.8, 4) is 0 Å². The van der Waals surface area contributed by atoms with Crippen LogP contribution in [0.2, 0.25) is 0 Å². The molecule has 180 valence electrons. The van der Waals surface area contributed by atoms with E-state index in [1.54, 1.807) is 7.11 Å². The number of benzene rings is 2. The second-order valence-corrected chi connectivity index (χ2v) is 12.2. The maximum absolute atomic E-state index is 7.11. The molecule has 0 atom stereocenters. The Morgan fingerprint density at radius 3 is 1.85 bits per heavy atom. The van der Waals surface area contributed by atoms with Crippen LogP contribution in [0, 0.1) is 0 Å². The molecule has 0 saturated heterocycles. The minimum Gasteiger partial charge on any atom is -0.404 e. The average Bonchev–Trinajstić information content (AvgIpc) is 2.85. The van der Waals surface area contributed by atoms with Crippen molar-refractivity contribution in [2.24, 2.45) is 0 Å². The van der Waals surface area contributed by atoms with Crippen LogP contribution in [0.4, 0.5) is 0 Å². The molecule has 0 saturated carbocycles. The second kappa shape index (κ2) is 15.8. The molecule has 0 amide bonds. The topological polar surface area (TPSA) is 18.5 Å². The Hall–Kier alpha value is -1.94. The van der Waals surface area contributed by atoms with Gasteiger partial charge in [-0.05, 0) is 40.4 Å². The van der Waals surface area contributed by atoms with Crippen LogP contribution in [-0.2, 0) is 9.16 Å². The SMILES string of the molecule is C=C(COC)/C(=C/CCCCCC)[Si](OCCCCCC)(c1ccccc1)c1ccccc1. The Morgan fingerprint density at radius 1 is 0.788 bits per heavy atom. The highest BCUT2D eigenvalue weighted by Crippen LogP contribution is 2.26. The summed E-state index contributed by atoms with van der Waals surface area (Å²) in [4.78, 5) is 0. The Bertz CT molecular complexity index is 774. The molecule has 2 rings (SSSR count). The van der Waals surface area contributed by atoms with Gasteiger partial charge in [-0.15, -0.1) is 0 Å². The van der Waals surface area contributed by atoms with E-state index in [4.69, 9.17) is 9.16 Å². The largest absolute Gasteiger partial charge is 0.404 e. The van der Waals surface area contributed by atoms with Crippen LogP contribution in [0.1, 0.15) is 71.6 Å². The van der Waals surface area contributed by atoms with E-state index in [9.17, 15) is 0 Å². The van der Waals surface area contributed by atoms with Crippen molar-refractivity contribution in [1.82, 2.24) is 0 Å². The number of hydrogen-bond acceptors (Lipinski definition) is 2. The molecule has 2 aromatic rings. The molecular formula is C30H44O2Si. The molecule has 33 heavy (non-hydrogen) atoms. The van der Waals surface area contributed by atoms with Crippen LogP contribution in [0.15, 0.2) is 84.1 Å². The van der Waals surface area contributed by atoms with Gasteiger partial charge in [0.2, 0.25) is 0 Å². The number of rotatable bonds is 17. The monoisotopic (exact) mass is 464 g/mol. The van der Waals surface area contributed by atoms with E-state index < -0.39 is 8.32 Å². The summed E-state index contributed by atoms with van der Waals surface area (Å²) in [6.45, 7) is 10.3. The first-order chi connectivity index (χ1) is 16.2. The molecule has 0 aliphatic heterocycles. The molecule has 0 aliphatic carbocycles. The number of allylic oxidation sites excluding steroid dienone is 1. The van der Waals surface area contributed by atoms with Crippen molar-refractivity contribution in [1.29, 1.82) is 0 Å². The minimum absolute atomic E-state index is 0.522. The van der Waals surface area contributed by atoms with Gasteiger partial charge in [0.05, 0.1) is 6.61 Å². The van der Waals surface area contributed by atoms with Gasteiger partial charge in [0.25, 0.3) is 8.32 Å². The van der Waals surface area contributed by atoms with Crippen molar-refractivity contribution < 1.29 is 9.16 Å². The van der Waals surface area contributed by atoms with Gasteiger partial charge in [0.1, 0.15) is 0 Å². The lowest BCUT2D eigenvalue weighted by Crippen LogP contribution is -2.63. The third kappa shape index (κ3) is 8.10. The minimum atomic E-state index is -2.72. The highest BCUT2D eigenvalue weighted by Gasteiger charge is 2.44. The molecule has 2 aromatic carbocycles. The summed E-state index contributed by atoms with van der Waals surface area (Å²) < 4.78 is 12.7. The third-order valence-electron chi connectivity index (χ3n) is 6.16. The van der Waals surface area contributed by atoms with Gasteiger partial charge in [-0.25, -0.2) is 0 Å². The molecule has 0 aliphatic rings. The lowest BCUT2D eigenvalue weighted by atomic mass is 10.1. The zero-order chi connectivity index (χ0) is 23.8. The fraction of sp³-hybridized carbons (Fsp3) is 0.467. The Labute approximate surface area is 203 Å². The highest BCUT2D eigenvalue weighted by atomic mass is 28.4. The molecule has 0 aromatic heterocycles. The average molecular weight is 465 g/mol. The van der Waals surface area contributed by atoms with E-state index in [1.807, 2.05) is 0 Å². The number of unbranched alkanes of at least 4 members (excludes halogenated alkanes) is 7. The molecule has 0 unspecified atom stereocenters. The van der Waals surface area contributed by atoms with E-state index in [0.29, 0.717) is 6.61 Å². The molecule has 0 spiro atoms. The maximum Gasteiger partial charge on any atom is 0.288 e. The molecule has 3 heteroatoms. The number of ether oxygens (including phenoxy) is 1. The summed E-state index contributed by atoms with van der Waals surface area (Å²) >= 11 is 0. The predicted octanol–water partition coefficient (Wildman–Crippen LogP) is 6.98. The van der Waals surface area contributed by atoms with Crippen LogP contribution < -0.4 is 10.4 Å². The van der Waals surface area contributed by atoms with E-state index >= 15 is 0 Å². The van der Waals surface area contributed by atoms with Crippen LogP contribution in [0.3, 0.4) is 0 Å². The highest BCUT2D eigenvalue weighted by molar-refractivity contribution is 7.03.